The third-order valence-electron chi connectivity index (χ3n) is 2.33. The maximum atomic E-state index is 5.83. The van der Waals surface area contributed by atoms with Gasteiger partial charge < -0.3 is 15.1 Å². The van der Waals surface area contributed by atoms with Gasteiger partial charge in [-0.1, -0.05) is 0 Å². The minimum atomic E-state index is 0.580. The molecule has 2 rings (SSSR count). The van der Waals surface area contributed by atoms with Crippen molar-refractivity contribution in [2.24, 2.45) is 0 Å². The van der Waals surface area contributed by atoms with E-state index in [-0.39, 0.29) is 0 Å². The van der Waals surface area contributed by atoms with Crippen molar-refractivity contribution in [2.45, 2.75) is 13.5 Å². The summed E-state index contributed by atoms with van der Waals surface area (Å²) in [4.78, 5) is 10.1. The molecule has 0 spiro atoms. The summed E-state index contributed by atoms with van der Waals surface area (Å²) in [6, 6.07) is 3.80. The molecule has 0 aliphatic heterocycles. The van der Waals surface area contributed by atoms with Crippen molar-refractivity contribution in [3.05, 3.63) is 36.7 Å². The molecule has 5 nitrogen and oxygen atoms in total. The molecule has 2 aromatic heterocycles. The van der Waals surface area contributed by atoms with Crippen LogP contribution in [0.5, 0.6) is 0 Å². The lowest BCUT2D eigenvalue weighted by Gasteiger charge is -2.21. The van der Waals surface area contributed by atoms with E-state index < -0.39 is 0 Å². The largest absolute Gasteiger partial charge is 0.467 e. The molecule has 0 amide bonds. The lowest BCUT2D eigenvalue weighted by atomic mass is 10.3. The molecule has 2 aromatic rings. The summed E-state index contributed by atoms with van der Waals surface area (Å²) in [5.41, 5.74) is 6.41. The van der Waals surface area contributed by atoms with Crippen LogP contribution in [0.3, 0.4) is 0 Å². The monoisotopic (exact) mass is 218 g/mol. The van der Waals surface area contributed by atoms with Crippen LogP contribution in [0.15, 0.2) is 35.3 Å². The first-order valence-electron chi connectivity index (χ1n) is 5.14. The van der Waals surface area contributed by atoms with Gasteiger partial charge in [-0.3, -0.25) is 0 Å². The summed E-state index contributed by atoms with van der Waals surface area (Å²) in [6.45, 7) is 3.51. The van der Waals surface area contributed by atoms with E-state index in [1.54, 1.807) is 12.5 Å². The number of nitrogens with zero attached hydrogens (tertiary/aromatic N) is 3. The number of nitrogen functional groups attached to an aromatic ring is 1. The molecule has 84 valence electrons. The molecule has 2 heterocycles. The van der Waals surface area contributed by atoms with Crippen LogP contribution in [-0.2, 0) is 6.54 Å². The average Bonchev–Trinajstić information content (AvgIpc) is 2.80. The highest BCUT2D eigenvalue weighted by Crippen LogP contribution is 2.20. The molecule has 0 fully saturated rings. The van der Waals surface area contributed by atoms with Crippen LogP contribution in [0, 0.1) is 0 Å². The van der Waals surface area contributed by atoms with Gasteiger partial charge in [0, 0.05) is 6.54 Å². The van der Waals surface area contributed by atoms with Gasteiger partial charge in [-0.2, -0.15) is 0 Å². The molecule has 0 bridgehead atoms. The van der Waals surface area contributed by atoms with E-state index in [0.717, 1.165) is 18.1 Å². The Morgan fingerprint density at radius 1 is 1.50 bits per heavy atom. The van der Waals surface area contributed by atoms with E-state index >= 15 is 0 Å². The lowest BCUT2D eigenvalue weighted by molar-refractivity contribution is 0.503. The van der Waals surface area contributed by atoms with Crippen LogP contribution in [0.1, 0.15) is 12.7 Å². The van der Waals surface area contributed by atoms with E-state index in [2.05, 4.69) is 9.97 Å². The van der Waals surface area contributed by atoms with Crippen molar-refractivity contribution in [2.75, 3.05) is 17.2 Å². The summed E-state index contributed by atoms with van der Waals surface area (Å²) in [5.74, 6) is 1.63. The number of anilines is 2. The van der Waals surface area contributed by atoms with Gasteiger partial charge in [0.1, 0.15) is 12.1 Å². The van der Waals surface area contributed by atoms with Crippen LogP contribution in [0.2, 0.25) is 0 Å². The first-order chi connectivity index (χ1) is 7.81. The summed E-state index contributed by atoms with van der Waals surface area (Å²) < 4.78 is 5.30. The Bertz CT molecular complexity index is 441. The van der Waals surface area contributed by atoms with Crippen LogP contribution in [-0.4, -0.2) is 16.5 Å². The Labute approximate surface area is 93.9 Å². The van der Waals surface area contributed by atoms with E-state index in [4.69, 9.17) is 10.2 Å². The van der Waals surface area contributed by atoms with Crippen molar-refractivity contribution in [1.82, 2.24) is 9.97 Å². The number of rotatable bonds is 4. The molecular weight excluding hydrogens is 204 g/mol. The van der Waals surface area contributed by atoms with Gasteiger partial charge in [0.2, 0.25) is 0 Å². The van der Waals surface area contributed by atoms with Gasteiger partial charge >= 0.3 is 0 Å². The highest BCUT2D eigenvalue weighted by atomic mass is 16.3. The molecule has 0 saturated heterocycles. The van der Waals surface area contributed by atoms with Crippen LogP contribution in [0.4, 0.5) is 11.5 Å². The normalized spacial score (nSPS) is 10.3. The molecular formula is C11H14N4O. The summed E-state index contributed by atoms with van der Waals surface area (Å²) in [7, 11) is 0. The molecule has 0 aromatic carbocycles. The van der Waals surface area contributed by atoms with Gasteiger partial charge in [-0.25, -0.2) is 9.97 Å². The van der Waals surface area contributed by atoms with Crippen molar-refractivity contribution in [3.8, 4) is 0 Å². The Kier molecular flexibility index (Phi) is 3.05. The number of hydrogen-bond donors (Lipinski definition) is 1. The molecule has 0 aliphatic carbocycles. The first-order valence-corrected chi connectivity index (χ1v) is 5.14. The fraction of sp³-hybridized carbons (Fsp3) is 0.273. The second-order valence-corrected chi connectivity index (χ2v) is 3.40. The van der Waals surface area contributed by atoms with Gasteiger partial charge in [0.15, 0.2) is 5.82 Å². The maximum Gasteiger partial charge on any atom is 0.155 e. The third-order valence-corrected chi connectivity index (χ3v) is 2.33. The molecule has 0 unspecified atom stereocenters. The summed E-state index contributed by atoms with van der Waals surface area (Å²) >= 11 is 0. The second-order valence-electron chi connectivity index (χ2n) is 3.40. The highest BCUT2D eigenvalue weighted by molar-refractivity contribution is 5.60. The first kappa shape index (κ1) is 10.5. The zero-order valence-electron chi connectivity index (χ0n) is 9.13. The van der Waals surface area contributed by atoms with Crippen molar-refractivity contribution < 1.29 is 4.42 Å². The van der Waals surface area contributed by atoms with Crippen LogP contribution in [0.25, 0.3) is 0 Å². The second kappa shape index (κ2) is 4.65. The Morgan fingerprint density at radius 3 is 3.00 bits per heavy atom. The predicted octanol–water partition coefficient (Wildman–Crippen LogP) is 1.68. The highest BCUT2D eigenvalue weighted by Gasteiger charge is 2.11. The Morgan fingerprint density at radius 2 is 2.38 bits per heavy atom. The fourth-order valence-electron chi connectivity index (χ4n) is 1.53. The maximum absolute atomic E-state index is 5.83. The molecule has 0 atom stereocenters. The smallest absolute Gasteiger partial charge is 0.155 e. The zero-order chi connectivity index (χ0) is 11.4. The fourth-order valence-corrected chi connectivity index (χ4v) is 1.53. The molecule has 5 heteroatoms. The number of aromatic nitrogens is 2. The Balaban J connectivity index is 2.20. The number of furan rings is 1. The standard InChI is InChI=1S/C11H14N4O/c1-2-15(7-9-4-3-5-16-9)11-10(12)6-13-8-14-11/h3-6,8H,2,7,12H2,1H3. The van der Waals surface area contributed by atoms with Crippen molar-refractivity contribution >= 4 is 11.5 Å². The average molecular weight is 218 g/mol. The van der Waals surface area contributed by atoms with Gasteiger partial charge in [-0.05, 0) is 19.1 Å². The topological polar surface area (TPSA) is 68.2 Å². The summed E-state index contributed by atoms with van der Waals surface area (Å²) in [5, 5.41) is 0. The van der Waals surface area contributed by atoms with Crippen LogP contribution >= 0.6 is 0 Å². The Hall–Kier alpha value is -2.04. The minimum Gasteiger partial charge on any atom is -0.467 e. The molecule has 0 radical (unpaired) electrons. The number of hydrogen-bond acceptors (Lipinski definition) is 5. The van der Waals surface area contributed by atoms with E-state index in [1.165, 1.54) is 6.33 Å². The van der Waals surface area contributed by atoms with E-state index in [1.807, 2.05) is 24.0 Å². The van der Waals surface area contributed by atoms with Crippen LogP contribution < -0.4 is 10.6 Å². The predicted molar refractivity (Wildman–Crippen MR) is 61.9 cm³/mol. The van der Waals surface area contributed by atoms with Crippen molar-refractivity contribution in [1.29, 1.82) is 0 Å². The molecule has 0 saturated carbocycles. The van der Waals surface area contributed by atoms with Crippen molar-refractivity contribution in [3.63, 3.8) is 0 Å². The lowest BCUT2D eigenvalue weighted by Crippen LogP contribution is -2.24. The molecule has 0 aliphatic rings. The number of nitrogens with two attached hydrogens (primary N) is 1. The van der Waals surface area contributed by atoms with E-state index in [0.29, 0.717) is 12.2 Å². The van der Waals surface area contributed by atoms with Gasteiger partial charge in [0.05, 0.1) is 24.7 Å². The van der Waals surface area contributed by atoms with E-state index in [9.17, 15) is 0 Å². The van der Waals surface area contributed by atoms with Gasteiger partial charge in [0.25, 0.3) is 0 Å². The molecule has 2 N–H and O–H groups in total. The van der Waals surface area contributed by atoms with Gasteiger partial charge in [-0.15, -0.1) is 0 Å². The third kappa shape index (κ3) is 2.13. The zero-order valence-corrected chi connectivity index (χ0v) is 9.13. The summed E-state index contributed by atoms with van der Waals surface area (Å²) in [6.07, 6.45) is 4.76. The quantitative estimate of drug-likeness (QED) is 0.845. The SMILES string of the molecule is CCN(Cc1ccco1)c1ncncc1N. The molecule has 16 heavy (non-hydrogen) atoms. The minimum absolute atomic E-state index is 0.580.